The lowest BCUT2D eigenvalue weighted by Crippen LogP contribution is -2.32. The molecule has 4 aliphatic rings. The van der Waals surface area contributed by atoms with E-state index in [9.17, 15) is 14.4 Å². The van der Waals surface area contributed by atoms with Crippen molar-refractivity contribution >= 4 is 17.5 Å². The minimum Gasteiger partial charge on any atom is -0.469 e. The van der Waals surface area contributed by atoms with E-state index < -0.39 is 5.92 Å². The molecule has 2 aliphatic carbocycles. The summed E-state index contributed by atoms with van der Waals surface area (Å²) < 4.78 is 29.6. The van der Waals surface area contributed by atoms with Crippen LogP contribution in [0.1, 0.15) is 116 Å². The lowest BCUT2D eigenvalue weighted by atomic mass is 9.87. The van der Waals surface area contributed by atoms with Crippen molar-refractivity contribution in [1.29, 1.82) is 0 Å². The highest BCUT2D eigenvalue weighted by molar-refractivity contribution is 5.90. The molecule has 42 heavy (non-hydrogen) atoms. The predicted molar refractivity (Wildman–Crippen MR) is 159 cm³/mol. The molecule has 4 rings (SSSR count). The van der Waals surface area contributed by atoms with Crippen LogP contribution in [0.15, 0.2) is 12.2 Å². The topological polar surface area (TPSA) is 97.4 Å². The van der Waals surface area contributed by atoms with E-state index in [1.165, 1.54) is 26.4 Å². The lowest BCUT2D eigenvalue weighted by Gasteiger charge is -2.31. The van der Waals surface area contributed by atoms with E-state index in [1.807, 2.05) is 0 Å². The van der Waals surface area contributed by atoms with E-state index in [-0.39, 0.29) is 54.7 Å². The number of Topliss-reactive ketones (excluding diaryl/α,β-unsaturated/α-hetero) is 2. The van der Waals surface area contributed by atoms with Crippen LogP contribution in [0.2, 0.25) is 0 Å². The summed E-state index contributed by atoms with van der Waals surface area (Å²) in [6, 6.07) is 0. The summed E-state index contributed by atoms with van der Waals surface area (Å²) in [7, 11) is 1.37. The van der Waals surface area contributed by atoms with Gasteiger partial charge in [0.2, 0.25) is 0 Å². The average Bonchev–Trinajstić information content (AvgIpc) is 3.58. The van der Waals surface area contributed by atoms with Crippen LogP contribution in [-0.4, -0.2) is 62.6 Å². The van der Waals surface area contributed by atoms with Crippen LogP contribution in [0.25, 0.3) is 0 Å². The fourth-order valence-corrected chi connectivity index (χ4v) is 7.29. The fourth-order valence-electron chi connectivity index (χ4n) is 7.29. The molecule has 8 nitrogen and oxygen atoms in total. The molecule has 4 fully saturated rings. The van der Waals surface area contributed by atoms with Crippen LogP contribution in [0.3, 0.4) is 0 Å². The Balaban J connectivity index is 1.46. The third-order valence-corrected chi connectivity index (χ3v) is 9.65. The zero-order valence-electron chi connectivity index (χ0n) is 26.0. The molecule has 0 N–H and O–H groups in total. The standard InChI is InChI=1S/C34H54O8/c1-3-10-24-15-16-25(21-24)30(41-33-13-6-8-19-39-33)18-17-27-28(22-26(35)11-4-5-12-32(37)38-2)29(36)23-31(27)42-34-14-7-9-20-40-34/h17-18,24-25,27-28,30-31,33-34H,3-16,19-23H2,1-2H3/t24?,25?,27-,28-,30-,31-,33?,34?/m1/s1. The number of unbranched alkanes of at least 4 members (excludes halogenated alkanes) is 1. The Labute approximate surface area is 252 Å². The molecule has 2 aliphatic heterocycles. The Hall–Kier alpha value is -1.61. The summed E-state index contributed by atoms with van der Waals surface area (Å²) in [6.07, 6.45) is 17.8. The van der Waals surface area contributed by atoms with Crippen LogP contribution < -0.4 is 0 Å². The first-order valence-corrected chi connectivity index (χ1v) is 16.8. The Bertz CT molecular complexity index is 875. The number of ketones is 2. The zero-order chi connectivity index (χ0) is 29.7. The van der Waals surface area contributed by atoms with Crippen molar-refractivity contribution in [3.8, 4) is 0 Å². The second-order valence-corrected chi connectivity index (χ2v) is 12.9. The monoisotopic (exact) mass is 590 g/mol. The first kappa shape index (κ1) is 33.3. The maximum Gasteiger partial charge on any atom is 0.305 e. The van der Waals surface area contributed by atoms with Gasteiger partial charge in [0.1, 0.15) is 11.6 Å². The molecule has 0 spiro atoms. The molecule has 0 radical (unpaired) electrons. The van der Waals surface area contributed by atoms with Crippen molar-refractivity contribution in [3.63, 3.8) is 0 Å². The van der Waals surface area contributed by atoms with Crippen molar-refractivity contribution in [2.24, 2.45) is 23.7 Å². The van der Waals surface area contributed by atoms with Gasteiger partial charge in [0, 0.05) is 50.7 Å². The molecule has 0 amide bonds. The number of esters is 1. The predicted octanol–water partition coefficient (Wildman–Crippen LogP) is 6.48. The van der Waals surface area contributed by atoms with Crippen LogP contribution in [-0.2, 0) is 38.1 Å². The summed E-state index contributed by atoms with van der Waals surface area (Å²) in [5, 5.41) is 0. The second-order valence-electron chi connectivity index (χ2n) is 12.9. The Kier molecular flexibility index (Phi) is 14.0. The molecular weight excluding hydrogens is 536 g/mol. The van der Waals surface area contributed by atoms with Gasteiger partial charge in [0.25, 0.3) is 0 Å². The van der Waals surface area contributed by atoms with Crippen molar-refractivity contribution < 1.29 is 38.1 Å². The zero-order valence-corrected chi connectivity index (χ0v) is 26.0. The number of rotatable bonds is 16. The van der Waals surface area contributed by atoms with Gasteiger partial charge in [-0.05, 0) is 76.0 Å². The number of carbonyl (C=O) groups is 3. The average molecular weight is 591 g/mol. The molecule has 2 heterocycles. The highest BCUT2D eigenvalue weighted by Gasteiger charge is 2.44. The maximum atomic E-state index is 13.3. The van der Waals surface area contributed by atoms with E-state index in [4.69, 9.17) is 23.7 Å². The first-order valence-electron chi connectivity index (χ1n) is 16.8. The minimum absolute atomic E-state index is 0.0628. The molecule has 8 heteroatoms. The third-order valence-electron chi connectivity index (χ3n) is 9.65. The Morgan fingerprint density at radius 3 is 2.40 bits per heavy atom. The molecule has 0 aromatic rings. The van der Waals surface area contributed by atoms with Crippen LogP contribution >= 0.6 is 0 Å². The number of methoxy groups -OCH3 is 1. The van der Waals surface area contributed by atoms with Gasteiger partial charge >= 0.3 is 5.97 Å². The van der Waals surface area contributed by atoms with Crippen LogP contribution in [0.4, 0.5) is 0 Å². The molecule has 2 saturated carbocycles. The normalized spacial score (nSPS) is 32.8. The molecule has 0 aromatic heterocycles. The van der Waals surface area contributed by atoms with Gasteiger partial charge < -0.3 is 23.7 Å². The van der Waals surface area contributed by atoms with Gasteiger partial charge in [-0.15, -0.1) is 0 Å². The fraction of sp³-hybridized carbons (Fsp3) is 0.853. The van der Waals surface area contributed by atoms with Gasteiger partial charge in [0.05, 0.1) is 19.3 Å². The Morgan fingerprint density at radius 1 is 0.976 bits per heavy atom. The van der Waals surface area contributed by atoms with Crippen LogP contribution in [0.5, 0.6) is 0 Å². The summed E-state index contributed by atoms with van der Waals surface area (Å²) >= 11 is 0. The van der Waals surface area contributed by atoms with Gasteiger partial charge in [-0.3, -0.25) is 14.4 Å². The first-order chi connectivity index (χ1) is 20.5. The number of ether oxygens (including phenoxy) is 5. The number of carbonyl (C=O) groups excluding carboxylic acids is 3. The number of hydrogen-bond donors (Lipinski definition) is 0. The van der Waals surface area contributed by atoms with E-state index in [0.29, 0.717) is 44.6 Å². The van der Waals surface area contributed by atoms with Crippen molar-refractivity contribution in [3.05, 3.63) is 12.2 Å². The van der Waals surface area contributed by atoms with Gasteiger partial charge in [0.15, 0.2) is 12.6 Å². The Morgan fingerprint density at radius 2 is 1.71 bits per heavy atom. The molecule has 2 saturated heterocycles. The largest absolute Gasteiger partial charge is 0.469 e. The summed E-state index contributed by atoms with van der Waals surface area (Å²) in [4.78, 5) is 37.8. The van der Waals surface area contributed by atoms with Gasteiger partial charge in [-0.25, -0.2) is 0 Å². The van der Waals surface area contributed by atoms with Crippen molar-refractivity contribution in [2.45, 2.75) is 141 Å². The molecule has 4 unspecified atom stereocenters. The number of hydrogen-bond acceptors (Lipinski definition) is 8. The minimum atomic E-state index is -0.411. The lowest BCUT2D eigenvalue weighted by molar-refractivity contribution is -0.193. The van der Waals surface area contributed by atoms with Gasteiger partial charge in [-0.2, -0.15) is 0 Å². The second kappa shape index (κ2) is 17.6. The molecule has 0 bridgehead atoms. The van der Waals surface area contributed by atoms with Crippen LogP contribution in [0, 0.1) is 23.7 Å². The smallest absolute Gasteiger partial charge is 0.305 e. The van der Waals surface area contributed by atoms with E-state index in [1.54, 1.807) is 0 Å². The summed E-state index contributed by atoms with van der Waals surface area (Å²) in [5.41, 5.74) is 0. The van der Waals surface area contributed by atoms with E-state index >= 15 is 0 Å². The summed E-state index contributed by atoms with van der Waals surface area (Å²) in [6.45, 7) is 3.67. The molecule has 238 valence electrons. The third kappa shape index (κ3) is 10.2. The van der Waals surface area contributed by atoms with Gasteiger partial charge in [-0.1, -0.05) is 38.3 Å². The van der Waals surface area contributed by atoms with Crippen molar-refractivity contribution in [1.82, 2.24) is 0 Å². The van der Waals surface area contributed by atoms with E-state index in [2.05, 4.69) is 19.1 Å². The molecule has 8 atom stereocenters. The van der Waals surface area contributed by atoms with E-state index in [0.717, 1.165) is 63.9 Å². The molecular formula is C34H54O8. The van der Waals surface area contributed by atoms with Crippen molar-refractivity contribution in [2.75, 3.05) is 20.3 Å². The highest BCUT2D eigenvalue weighted by atomic mass is 16.7. The maximum absolute atomic E-state index is 13.3. The SMILES string of the molecule is CCCC1CCC([C@@H](C=C[C@H]2[C@H](OC3CCCCO3)CC(=O)[C@@H]2CC(=O)CCCCC(=O)OC)OC2CCCCO2)C1. The highest BCUT2D eigenvalue weighted by Crippen LogP contribution is 2.40. The summed E-state index contributed by atoms with van der Waals surface area (Å²) in [5.74, 6) is 0.444. The quantitative estimate of drug-likeness (QED) is 0.114. The molecule has 0 aromatic carbocycles.